The summed E-state index contributed by atoms with van der Waals surface area (Å²) in [6, 6.07) is 10.0. The van der Waals surface area contributed by atoms with Crippen LogP contribution in [0.2, 0.25) is 0 Å². The van der Waals surface area contributed by atoms with Crippen LogP contribution in [0.5, 0.6) is 0 Å². The van der Waals surface area contributed by atoms with Crippen LogP contribution in [-0.4, -0.2) is 62.4 Å². The van der Waals surface area contributed by atoms with Crippen LogP contribution >= 0.6 is 0 Å². The van der Waals surface area contributed by atoms with E-state index in [1.165, 1.54) is 5.56 Å². The molecule has 0 bridgehead atoms. The fourth-order valence-electron chi connectivity index (χ4n) is 1.88. The highest BCUT2D eigenvalue weighted by Gasteiger charge is 2.09. The third kappa shape index (κ3) is 7.23. The molecule has 0 spiro atoms. The van der Waals surface area contributed by atoms with E-state index in [4.69, 9.17) is 9.84 Å². The fraction of sp³-hybridized carbons (Fsp3) is 0.533. The number of ether oxygens (including phenoxy) is 1. The summed E-state index contributed by atoms with van der Waals surface area (Å²) >= 11 is 0. The normalized spacial score (nSPS) is 10.8. The lowest BCUT2D eigenvalue weighted by atomic mass is 10.1. The van der Waals surface area contributed by atoms with E-state index in [1.807, 2.05) is 35.2 Å². The van der Waals surface area contributed by atoms with Crippen molar-refractivity contribution in [1.29, 1.82) is 0 Å². The highest BCUT2D eigenvalue weighted by Crippen LogP contribution is 1.98. The molecule has 0 heterocycles. The first-order chi connectivity index (χ1) is 9.76. The number of carbonyl (C=O) groups excluding carboxylic acids is 1. The number of aliphatic hydroxyl groups excluding tert-OH is 1. The van der Waals surface area contributed by atoms with Crippen LogP contribution in [0.4, 0.5) is 0 Å². The second-order valence-electron chi connectivity index (χ2n) is 4.58. The molecule has 1 amide bonds. The Bertz CT molecular complexity index is 371. The number of nitrogens with one attached hydrogen (secondary N) is 1. The zero-order valence-corrected chi connectivity index (χ0v) is 12.0. The van der Waals surface area contributed by atoms with E-state index in [0.717, 1.165) is 6.42 Å². The molecule has 0 saturated carbocycles. The third-order valence-corrected chi connectivity index (χ3v) is 2.97. The maximum Gasteiger partial charge on any atom is 0.234 e. The van der Waals surface area contributed by atoms with E-state index in [2.05, 4.69) is 5.32 Å². The van der Waals surface area contributed by atoms with Crippen LogP contribution in [0.25, 0.3) is 0 Å². The number of rotatable bonds is 10. The lowest BCUT2D eigenvalue weighted by Crippen LogP contribution is -2.40. The Morgan fingerprint density at radius 1 is 1.30 bits per heavy atom. The summed E-state index contributed by atoms with van der Waals surface area (Å²) in [5.41, 5.74) is 1.21. The molecule has 0 fully saturated rings. The molecule has 0 saturated heterocycles. The van der Waals surface area contributed by atoms with Crippen molar-refractivity contribution in [2.75, 3.05) is 46.5 Å². The molecule has 0 aliphatic carbocycles. The number of aliphatic hydroxyl groups is 1. The number of benzene rings is 1. The SMILES string of the molecule is COCCN(CCO)CC(=O)NCCc1ccccc1. The lowest BCUT2D eigenvalue weighted by molar-refractivity contribution is -0.122. The van der Waals surface area contributed by atoms with Crippen LogP contribution in [-0.2, 0) is 16.0 Å². The predicted octanol–water partition coefficient (Wildman–Crippen LogP) is 0.286. The Balaban J connectivity index is 2.23. The molecular formula is C15H24N2O3. The Labute approximate surface area is 120 Å². The van der Waals surface area contributed by atoms with Gasteiger partial charge in [0.15, 0.2) is 0 Å². The Morgan fingerprint density at radius 2 is 2.05 bits per heavy atom. The minimum absolute atomic E-state index is 0.0227. The number of nitrogens with zero attached hydrogens (tertiary/aromatic N) is 1. The van der Waals surface area contributed by atoms with Gasteiger partial charge in [0.1, 0.15) is 0 Å². The molecule has 0 unspecified atom stereocenters. The molecule has 1 rings (SSSR count). The molecule has 5 heteroatoms. The van der Waals surface area contributed by atoms with Crippen molar-refractivity contribution in [3.63, 3.8) is 0 Å². The fourth-order valence-corrected chi connectivity index (χ4v) is 1.88. The highest BCUT2D eigenvalue weighted by atomic mass is 16.5. The summed E-state index contributed by atoms with van der Waals surface area (Å²) in [6.07, 6.45) is 0.824. The number of hydrogen-bond acceptors (Lipinski definition) is 4. The van der Waals surface area contributed by atoms with Gasteiger partial charge in [-0.05, 0) is 12.0 Å². The maximum absolute atomic E-state index is 11.8. The van der Waals surface area contributed by atoms with E-state index < -0.39 is 0 Å². The van der Waals surface area contributed by atoms with Crippen LogP contribution in [0.15, 0.2) is 30.3 Å². The van der Waals surface area contributed by atoms with Gasteiger partial charge in [0.05, 0.1) is 19.8 Å². The number of methoxy groups -OCH3 is 1. The van der Waals surface area contributed by atoms with E-state index >= 15 is 0 Å². The van der Waals surface area contributed by atoms with Crippen molar-refractivity contribution in [2.45, 2.75) is 6.42 Å². The largest absolute Gasteiger partial charge is 0.395 e. The molecule has 0 atom stereocenters. The van der Waals surface area contributed by atoms with Gasteiger partial charge in [-0.3, -0.25) is 9.69 Å². The second-order valence-corrected chi connectivity index (χ2v) is 4.58. The molecule has 112 valence electrons. The molecule has 20 heavy (non-hydrogen) atoms. The Kier molecular flexibility index (Phi) is 8.62. The summed E-state index contributed by atoms with van der Waals surface area (Å²) in [5, 5.41) is 11.9. The number of carbonyl (C=O) groups is 1. The van der Waals surface area contributed by atoms with Crippen LogP contribution in [0.3, 0.4) is 0 Å². The summed E-state index contributed by atoms with van der Waals surface area (Å²) < 4.78 is 4.98. The molecule has 0 aromatic heterocycles. The van der Waals surface area contributed by atoms with Crippen molar-refractivity contribution >= 4 is 5.91 Å². The minimum atomic E-state index is -0.0227. The van der Waals surface area contributed by atoms with Gasteiger partial charge in [0.25, 0.3) is 0 Å². The van der Waals surface area contributed by atoms with E-state index in [1.54, 1.807) is 7.11 Å². The van der Waals surface area contributed by atoms with Gasteiger partial charge in [0, 0.05) is 26.7 Å². The zero-order valence-electron chi connectivity index (χ0n) is 12.0. The molecular weight excluding hydrogens is 256 g/mol. The predicted molar refractivity (Wildman–Crippen MR) is 78.6 cm³/mol. The summed E-state index contributed by atoms with van der Waals surface area (Å²) in [5.74, 6) is -0.0227. The lowest BCUT2D eigenvalue weighted by Gasteiger charge is -2.20. The van der Waals surface area contributed by atoms with Crippen molar-refractivity contribution in [1.82, 2.24) is 10.2 Å². The number of amides is 1. The van der Waals surface area contributed by atoms with Gasteiger partial charge in [-0.25, -0.2) is 0 Å². The van der Waals surface area contributed by atoms with Crippen molar-refractivity contribution in [3.8, 4) is 0 Å². The maximum atomic E-state index is 11.8. The monoisotopic (exact) mass is 280 g/mol. The third-order valence-electron chi connectivity index (χ3n) is 2.97. The van der Waals surface area contributed by atoms with Gasteiger partial charge in [-0.1, -0.05) is 30.3 Å². The Hall–Kier alpha value is -1.43. The topological polar surface area (TPSA) is 61.8 Å². The molecule has 0 radical (unpaired) electrons. The zero-order chi connectivity index (χ0) is 14.6. The van der Waals surface area contributed by atoms with Crippen LogP contribution < -0.4 is 5.32 Å². The first-order valence-electron chi connectivity index (χ1n) is 6.89. The summed E-state index contributed by atoms with van der Waals surface area (Å²) in [6.45, 7) is 2.63. The molecule has 0 aliphatic rings. The van der Waals surface area contributed by atoms with E-state index in [-0.39, 0.29) is 12.5 Å². The van der Waals surface area contributed by atoms with Gasteiger partial charge in [-0.2, -0.15) is 0 Å². The standard InChI is InChI=1S/C15H24N2O3/c1-20-12-10-17(9-11-18)13-15(19)16-8-7-14-5-3-2-4-6-14/h2-6,18H,7-13H2,1H3,(H,16,19). The number of hydrogen-bond donors (Lipinski definition) is 2. The average Bonchev–Trinajstić information content (AvgIpc) is 2.46. The molecule has 2 N–H and O–H groups in total. The van der Waals surface area contributed by atoms with Gasteiger partial charge >= 0.3 is 0 Å². The first-order valence-corrected chi connectivity index (χ1v) is 6.89. The smallest absolute Gasteiger partial charge is 0.234 e. The first kappa shape index (κ1) is 16.6. The molecule has 5 nitrogen and oxygen atoms in total. The Morgan fingerprint density at radius 3 is 2.70 bits per heavy atom. The summed E-state index contributed by atoms with van der Waals surface area (Å²) in [4.78, 5) is 13.7. The van der Waals surface area contributed by atoms with Gasteiger partial charge in [0.2, 0.25) is 5.91 Å². The van der Waals surface area contributed by atoms with Gasteiger partial charge < -0.3 is 15.2 Å². The average molecular weight is 280 g/mol. The van der Waals surface area contributed by atoms with Crippen molar-refractivity contribution in [3.05, 3.63) is 35.9 Å². The molecule has 1 aromatic carbocycles. The quantitative estimate of drug-likeness (QED) is 0.646. The van der Waals surface area contributed by atoms with E-state index in [9.17, 15) is 4.79 Å². The van der Waals surface area contributed by atoms with Crippen LogP contribution in [0.1, 0.15) is 5.56 Å². The minimum Gasteiger partial charge on any atom is -0.395 e. The van der Waals surface area contributed by atoms with Crippen LogP contribution in [0, 0.1) is 0 Å². The van der Waals surface area contributed by atoms with Gasteiger partial charge in [-0.15, -0.1) is 0 Å². The second kappa shape index (κ2) is 10.4. The van der Waals surface area contributed by atoms with E-state index in [0.29, 0.717) is 32.8 Å². The van der Waals surface area contributed by atoms with Crippen molar-refractivity contribution < 1.29 is 14.6 Å². The highest BCUT2D eigenvalue weighted by molar-refractivity contribution is 5.78. The summed E-state index contributed by atoms with van der Waals surface area (Å²) in [7, 11) is 1.62. The molecule has 1 aromatic rings. The van der Waals surface area contributed by atoms with Crippen molar-refractivity contribution in [2.24, 2.45) is 0 Å². The molecule has 0 aliphatic heterocycles.